The van der Waals surface area contributed by atoms with Gasteiger partial charge in [0.1, 0.15) is 6.04 Å². The predicted molar refractivity (Wildman–Crippen MR) is 58.3 cm³/mol. The fourth-order valence-electron chi connectivity index (χ4n) is 0.835. The Morgan fingerprint density at radius 2 is 1.71 bits per heavy atom. The van der Waals surface area contributed by atoms with Crippen molar-refractivity contribution < 1.29 is 27.5 Å². The van der Waals surface area contributed by atoms with E-state index in [1.165, 1.54) is 6.92 Å². The number of esters is 1. The van der Waals surface area contributed by atoms with Gasteiger partial charge in [-0.1, -0.05) is 0 Å². The van der Waals surface area contributed by atoms with E-state index in [-0.39, 0.29) is 0 Å². The quantitative estimate of drug-likeness (QED) is 0.651. The Morgan fingerprint density at radius 1 is 1.18 bits per heavy atom. The second-order valence-corrected chi connectivity index (χ2v) is 4.87. The average molecular weight is 268 g/mol. The van der Waals surface area contributed by atoms with Crippen LogP contribution < -0.4 is 9.44 Å². The minimum Gasteiger partial charge on any atom is -0.468 e. The highest BCUT2D eigenvalue weighted by Crippen LogP contribution is 1.92. The molecule has 1 amide bonds. The molecule has 0 rings (SSSR count). The number of amides is 1. The lowest BCUT2D eigenvalue weighted by Gasteiger charge is -2.13. The number of hydrogen-bond donors (Lipinski definition) is 2. The van der Waals surface area contributed by atoms with Crippen LogP contribution in [0, 0.1) is 0 Å². The lowest BCUT2D eigenvalue weighted by Crippen LogP contribution is -2.47. The average Bonchev–Trinajstić information content (AvgIpc) is 2.12. The molecule has 0 fully saturated rings. The van der Waals surface area contributed by atoms with Crippen molar-refractivity contribution in [2.75, 3.05) is 7.11 Å². The highest BCUT2D eigenvalue weighted by molar-refractivity contribution is 7.88. The summed E-state index contributed by atoms with van der Waals surface area (Å²) in [6.07, 6.45) is -1.58. The Labute approximate surface area is 99.8 Å². The van der Waals surface area contributed by atoms with Crippen molar-refractivity contribution in [3.8, 4) is 0 Å². The first-order chi connectivity index (χ1) is 7.68. The molecule has 0 aromatic carbocycles. The molecule has 2 N–H and O–H groups in total. The van der Waals surface area contributed by atoms with Crippen molar-refractivity contribution in [2.45, 2.75) is 32.9 Å². The van der Waals surface area contributed by atoms with E-state index in [2.05, 4.69) is 9.47 Å². The van der Waals surface area contributed by atoms with E-state index in [9.17, 15) is 18.0 Å². The fourth-order valence-corrected chi connectivity index (χ4v) is 1.72. The van der Waals surface area contributed by atoms with Crippen molar-refractivity contribution in [2.24, 2.45) is 0 Å². The zero-order valence-electron chi connectivity index (χ0n) is 10.0. The highest BCUT2D eigenvalue weighted by Gasteiger charge is 2.23. The number of rotatable bonds is 5. The molecule has 17 heavy (non-hydrogen) atoms. The van der Waals surface area contributed by atoms with Crippen molar-refractivity contribution >= 4 is 22.3 Å². The van der Waals surface area contributed by atoms with Gasteiger partial charge < -0.3 is 9.47 Å². The van der Waals surface area contributed by atoms with Crippen molar-refractivity contribution in [1.29, 1.82) is 0 Å². The summed E-state index contributed by atoms with van der Waals surface area (Å²) in [5.41, 5.74) is 0. The number of methoxy groups -OCH3 is 1. The molecular weight excluding hydrogens is 252 g/mol. The molecule has 0 saturated heterocycles. The molecule has 0 spiro atoms. The van der Waals surface area contributed by atoms with Crippen molar-refractivity contribution in [3.05, 3.63) is 0 Å². The van der Waals surface area contributed by atoms with Crippen molar-refractivity contribution in [1.82, 2.24) is 9.44 Å². The van der Waals surface area contributed by atoms with E-state index in [0.717, 1.165) is 7.11 Å². The Hall–Kier alpha value is -1.35. The monoisotopic (exact) mass is 268 g/mol. The Morgan fingerprint density at radius 3 is 2.12 bits per heavy atom. The summed E-state index contributed by atoms with van der Waals surface area (Å²) < 4.78 is 35.0. The maximum absolute atomic E-state index is 11.3. The largest absolute Gasteiger partial charge is 0.468 e. The molecule has 1 unspecified atom stereocenters. The molecule has 0 radical (unpaired) electrons. The molecule has 9 heteroatoms. The van der Waals surface area contributed by atoms with Crippen LogP contribution in [-0.2, 0) is 24.5 Å². The van der Waals surface area contributed by atoms with Crippen LogP contribution in [-0.4, -0.2) is 39.7 Å². The van der Waals surface area contributed by atoms with Gasteiger partial charge in [-0.05, 0) is 20.8 Å². The van der Waals surface area contributed by atoms with Crippen LogP contribution in [0.25, 0.3) is 0 Å². The summed E-state index contributed by atoms with van der Waals surface area (Å²) in [5, 5.41) is 0. The van der Waals surface area contributed by atoms with E-state index in [1.807, 2.05) is 4.72 Å². The molecule has 1 atom stereocenters. The Kier molecular flexibility index (Phi) is 5.89. The maximum Gasteiger partial charge on any atom is 0.422 e. The summed E-state index contributed by atoms with van der Waals surface area (Å²) in [5.74, 6) is -0.771. The molecule has 0 aromatic rings. The van der Waals surface area contributed by atoms with Gasteiger partial charge in [0.25, 0.3) is 0 Å². The van der Waals surface area contributed by atoms with Gasteiger partial charge in [0.2, 0.25) is 0 Å². The minimum absolute atomic E-state index is 0.455. The molecular formula is C8H16N2O6S. The molecule has 0 saturated carbocycles. The van der Waals surface area contributed by atoms with Crippen LogP contribution in [0.3, 0.4) is 0 Å². The predicted octanol–water partition coefficient (Wildman–Crippen LogP) is -0.483. The first kappa shape index (κ1) is 15.7. The summed E-state index contributed by atoms with van der Waals surface area (Å²) in [6, 6.07) is -1.11. The van der Waals surface area contributed by atoms with E-state index in [4.69, 9.17) is 0 Å². The molecule has 0 aromatic heterocycles. The molecule has 0 bridgehead atoms. The number of carbonyl (C=O) groups is 2. The van der Waals surface area contributed by atoms with Crippen LogP contribution in [0.4, 0.5) is 4.79 Å². The van der Waals surface area contributed by atoms with Gasteiger partial charge >= 0.3 is 22.3 Å². The second-order valence-electron chi connectivity index (χ2n) is 3.42. The van der Waals surface area contributed by atoms with Gasteiger partial charge in [0.15, 0.2) is 0 Å². The smallest absolute Gasteiger partial charge is 0.422 e. The van der Waals surface area contributed by atoms with Crippen LogP contribution in [0.5, 0.6) is 0 Å². The lowest BCUT2D eigenvalue weighted by molar-refractivity contribution is -0.142. The zero-order chi connectivity index (χ0) is 13.6. The second kappa shape index (κ2) is 6.40. The molecule has 100 valence electrons. The topological polar surface area (TPSA) is 111 Å². The van der Waals surface area contributed by atoms with Gasteiger partial charge in [-0.25, -0.2) is 9.52 Å². The molecule has 8 nitrogen and oxygen atoms in total. The third-order valence-electron chi connectivity index (χ3n) is 1.45. The summed E-state index contributed by atoms with van der Waals surface area (Å²) in [7, 11) is -3.04. The number of carbonyl (C=O) groups excluding carboxylic acids is 2. The molecule has 0 heterocycles. The van der Waals surface area contributed by atoms with Crippen LogP contribution in [0.1, 0.15) is 20.8 Å². The van der Waals surface area contributed by atoms with E-state index < -0.39 is 34.4 Å². The van der Waals surface area contributed by atoms with Crippen LogP contribution in [0.2, 0.25) is 0 Å². The van der Waals surface area contributed by atoms with Gasteiger partial charge in [0.05, 0.1) is 13.2 Å². The lowest BCUT2D eigenvalue weighted by atomic mass is 10.4. The van der Waals surface area contributed by atoms with Gasteiger partial charge in [-0.15, -0.1) is 0 Å². The number of ether oxygens (including phenoxy) is 2. The van der Waals surface area contributed by atoms with E-state index >= 15 is 0 Å². The highest BCUT2D eigenvalue weighted by atomic mass is 32.2. The van der Waals surface area contributed by atoms with E-state index in [1.54, 1.807) is 18.6 Å². The van der Waals surface area contributed by atoms with Crippen LogP contribution in [0.15, 0.2) is 0 Å². The van der Waals surface area contributed by atoms with Gasteiger partial charge in [0, 0.05) is 0 Å². The fraction of sp³-hybridized carbons (Fsp3) is 0.750. The summed E-state index contributed by atoms with van der Waals surface area (Å²) >= 11 is 0. The summed E-state index contributed by atoms with van der Waals surface area (Å²) in [4.78, 5) is 22.0. The molecule has 0 aliphatic rings. The standard InChI is InChI=1S/C8H16N2O6S/c1-5(2)16-8(12)10-17(13,14)9-6(3)7(11)15-4/h5-6,9H,1-4H3,(H,10,12). The third kappa shape index (κ3) is 6.74. The van der Waals surface area contributed by atoms with Gasteiger partial charge in [-0.3, -0.25) is 4.79 Å². The first-order valence-corrected chi connectivity index (χ1v) is 6.24. The Bertz CT molecular complexity index is 377. The zero-order valence-corrected chi connectivity index (χ0v) is 10.8. The molecule has 0 aliphatic heterocycles. The summed E-state index contributed by atoms with van der Waals surface area (Å²) in [6.45, 7) is 4.41. The Balaban J connectivity index is 4.40. The SMILES string of the molecule is COC(=O)C(C)NS(=O)(=O)NC(=O)OC(C)C. The minimum atomic E-state index is -4.16. The normalized spacial score (nSPS) is 13.0. The third-order valence-corrected chi connectivity index (χ3v) is 2.55. The molecule has 0 aliphatic carbocycles. The first-order valence-electron chi connectivity index (χ1n) is 4.76. The number of hydrogen-bond acceptors (Lipinski definition) is 6. The maximum atomic E-state index is 11.3. The van der Waals surface area contributed by atoms with Gasteiger partial charge in [-0.2, -0.15) is 13.1 Å². The van der Waals surface area contributed by atoms with Crippen LogP contribution >= 0.6 is 0 Å². The van der Waals surface area contributed by atoms with E-state index in [0.29, 0.717) is 0 Å². The number of nitrogens with one attached hydrogen (secondary N) is 2. The van der Waals surface area contributed by atoms with Crippen molar-refractivity contribution in [3.63, 3.8) is 0 Å².